The van der Waals surface area contributed by atoms with Crippen molar-refractivity contribution in [3.63, 3.8) is 0 Å². The van der Waals surface area contributed by atoms with Gasteiger partial charge in [-0.25, -0.2) is 0 Å². The van der Waals surface area contributed by atoms with Gasteiger partial charge in [0, 0.05) is 16.2 Å². The van der Waals surface area contributed by atoms with Gasteiger partial charge in [0.15, 0.2) is 0 Å². The summed E-state index contributed by atoms with van der Waals surface area (Å²) in [5.74, 6) is 0.324. The van der Waals surface area contributed by atoms with E-state index >= 15 is 0 Å². The molecule has 3 heteroatoms. The molecule has 1 atom stereocenters. The number of halogens is 1. The van der Waals surface area contributed by atoms with Crippen molar-refractivity contribution >= 4 is 21.6 Å². The van der Waals surface area contributed by atoms with E-state index in [4.69, 9.17) is 0 Å². The summed E-state index contributed by atoms with van der Waals surface area (Å²) in [7, 11) is 0. The number of hydrogen-bond acceptors (Lipinski definition) is 2. The van der Waals surface area contributed by atoms with Crippen molar-refractivity contribution in [3.05, 3.63) is 58.1 Å². The van der Waals surface area contributed by atoms with Crippen LogP contribution in [0.4, 0.5) is 5.69 Å². The van der Waals surface area contributed by atoms with Gasteiger partial charge in [-0.05, 0) is 68.1 Å². The van der Waals surface area contributed by atoms with Gasteiger partial charge >= 0.3 is 0 Å². The van der Waals surface area contributed by atoms with E-state index in [2.05, 4.69) is 53.3 Å². The van der Waals surface area contributed by atoms with Gasteiger partial charge in [-0.15, -0.1) is 0 Å². The Morgan fingerprint density at radius 1 is 1.15 bits per heavy atom. The molecular formula is C17H20BrNO. The quantitative estimate of drug-likeness (QED) is 0.815. The molecule has 0 aliphatic rings. The van der Waals surface area contributed by atoms with Gasteiger partial charge < -0.3 is 10.4 Å². The topological polar surface area (TPSA) is 32.3 Å². The number of nitrogens with one attached hydrogen (secondary N) is 1. The number of benzene rings is 2. The van der Waals surface area contributed by atoms with Gasteiger partial charge in [-0.2, -0.15) is 0 Å². The maximum Gasteiger partial charge on any atom is 0.115 e. The zero-order chi connectivity index (χ0) is 14.5. The number of anilines is 1. The monoisotopic (exact) mass is 333 g/mol. The summed E-state index contributed by atoms with van der Waals surface area (Å²) in [5.41, 5.74) is 3.64. The van der Waals surface area contributed by atoms with Gasteiger partial charge in [0.25, 0.3) is 0 Å². The van der Waals surface area contributed by atoms with Gasteiger partial charge in [0.2, 0.25) is 0 Å². The molecule has 2 nitrogen and oxygen atoms in total. The van der Waals surface area contributed by atoms with E-state index in [9.17, 15) is 5.11 Å². The molecule has 106 valence electrons. The molecule has 0 saturated carbocycles. The first kappa shape index (κ1) is 14.9. The first-order valence-electron chi connectivity index (χ1n) is 6.84. The Hall–Kier alpha value is -1.48. The number of aryl methyl sites for hydroxylation is 2. The molecular weight excluding hydrogens is 314 g/mol. The Balaban J connectivity index is 1.88. The summed E-state index contributed by atoms with van der Waals surface area (Å²) in [6.45, 7) is 4.29. The van der Waals surface area contributed by atoms with Crippen molar-refractivity contribution in [1.29, 1.82) is 0 Å². The van der Waals surface area contributed by atoms with E-state index in [1.165, 1.54) is 11.1 Å². The molecule has 0 amide bonds. The normalized spacial score (nSPS) is 12.2. The minimum Gasteiger partial charge on any atom is -0.508 e. The summed E-state index contributed by atoms with van der Waals surface area (Å²) in [5, 5.41) is 12.8. The average Bonchev–Trinajstić information content (AvgIpc) is 2.37. The lowest BCUT2D eigenvalue weighted by molar-refractivity contribution is 0.475. The molecule has 2 aromatic carbocycles. The molecule has 2 rings (SSSR count). The number of phenols is 1. The summed E-state index contributed by atoms with van der Waals surface area (Å²) in [6, 6.07) is 14.2. The second-order valence-electron chi connectivity index (χ2n) is 5.27. The fourth-order valence-corrected chi connectivity index (χ4v) is 2.83. The third-order valence-electron chi connectivity index (χ3n) is 3.26. The molecule has 0 aromatic heterocycles. The van der Waals surface area contributed by atoms with Crippen molar-refractivity contribution in [3.8, 4) is 5.75 Å². The lowest BCUT2D eigenvalue weighted by Gasteiger charge is -2.16. The van der Waals surface area contributed by atoms with Gasteiger partial charge in [-0.3, -0.25) is 0 Å². The Morgan fingerprint density at radius 2 is 1.85 bits per heavy atom. The first-order chi connectivity index (χ1) is 9.52. The highest BCUT2D eigenvalue weighted by Crippen LogP contribution is 2.20. The average molecular weight is 334 g/mol. The van der Waals surface area contributed by atoms with Crippen LogP contribution in [0.3, 0.4) is 0 Å². The fraction of sp³-hybridized carbons (Fsp3) is 0.294. The van der Waals surface area contributed by atoms with Crippen molar-refractivity contribution < 1.29 is 5.11 Å². The SMILES string of the molecule is Cc1cc(Br)cc(NC(C)CCc2ccc(O)cc2)c1. The number of rotatable bonds is 5. The van der Waals surface area contributed by atoms with E-state index in [1.807, 2.05) is 12.1 Å². The Labute approximate surface area is 129 Å². The molecule has 0 aliphatic carbocycles. The van der Waals surface area contributed by atoms with Crippen LogP contribution in [0.1, 0.15) is 24.5 Å². The molecule has 0 fully saturated rings. The minimum atomic E-state index is 0.324. The lowest BCUT2D eigenvalue weighted by atomic mass is 10.1. The third-order valence-corrected chi connectivity index (χ3v) is 3.72. The van der Waals surface area contributed by atoms with Crippen LogP contribution in [-0.4, -0.2) is 11.1 Å². The molecule has 0 radical (unpaired) electrons. The number of aromatic hydroxyl groups is 1. The third kappa shape index (κ3) is 4.57. The lowest BCUT2D eigenvalue weighted by Crippen LogP contribution is -2.16. The van der Waals surface area contributed by atoms with E-state index in [0.717, 1.165) is 23.0 Å². The molecule has 0 saturated heterocycles. The highest BCUT2D eigenvalue weighted by molar-refractivity contribution is 9.10. The van der Waals surface area contributed by atoms with Crippen molar-refractivity contribution in [1.82, 2.24) is 0 Å². The summed E-state index contributed by atoms with van der Waals surface area (Å²) < 4.78 is 1.10. The van der Waals surface area contributed by atoms with E-state index in [1.54, 1.807) is 12.1 Å². The molecule has 0 spiro atoms. The van der Waals surface area contributed by atoms with Crippen LogP contribution in [0.15, 0.2) is 46.9 Å². The maximum absolute atomic E-state index is 9.26. The van der Waals surface area contributed by atoms with Crippen LogP contribution in [0.2, 0.25) is 0 Å². The minimum absolute atomic E-state index is 0.324. The zero-order valence-corrected chi connectivity index (χ0v) is 13.4. The van der Waals surface area contributed by atoms with Crippen LogP contribution >= 0.6 is 15.9 Å². The standard InChI is InChI=1S/C17H20BrNO/c1-12-9-15(18)11-16(10-12)19-13(2)3-4-14-5-7-17(20)8-6-14/h5-11,13,19-20H,3-4H2,1-2H3. The van der Waals surface area contributed by atoms with Crippen molar-refractivity contribution in [2.75, 3.05) is 5.32 Å². The Bertz CT molecular complexity index is 545. The molecule has 0 aliphatic heterocycles. The predicted molar refractivity (Wildman–Crippen MR) is 88.4 cm³/mol. The van der Waals surface area contributed by atoms with Crippen LogP contribution in [0.5, 0.6) is 5.75 Å². The van der Waals surface area contributed by atoms with Crippen LogP contribution in [-0.2, 0) is 6.42 Å². The van der Waals surface area contributed by atoms with Crippen molar-refractivity contribution in [2.24, 2.45) is 0 Å². The largest absolute Gasteiger partial charge is 0.508 e. The van der Waals surface area contributed by atoms with Gasteiger partial charge in [0.05, 0.1) is 0 Å². The van der Waals surface area contributed by atoms with E-state index in [0.29, 0.717) is 11.8 Å². The van der Waals surface area contributed by atoms with Crippen molar-refractivity contribution in [2.45, 2.75) is 32.7 Å². The van der Waals surface area contributed by atoms with Crippen LogP contribution in [0.25, 0.3) is 0 Å². The number of phenolic OH excluding ortho intramolecular Hbond substituents is 1. The highest BCUT2D eigenvalue weighted by Gasteiger charge is 2.04. The summed E-state index contributed by atoms with van der Waals surface area (Å²) in [4.78, 5) is 0. The van der Waals surface area contributed by atoms with Crippen LogP contribution < -0.4 is 5.32 Å². The van der Waals surface area contributed by atoms with E-state index in [-0.39, 0.29) is 0 Å². The zero-order valence-electron chi connectivity index (χ0n) is 11.9. The molecule has 20 heavy (non-hydrogen) atoms. The molecule has 2 N–H and O–H groups in total. The molecule has 0 bridgehead atoms. The second-order valence-corrected chi connectivity index (χ2v) is 6.18. The Morgan fingerprint density at radius 3 is 2.50 bits per heavy atom. The summed E-state index contributed by atoms with van der Waals surface area (Å²) in [6.07, 6.45) is 2.05. The van der Waals surface area contributed by atoms with Gasteiger partial charge in [0.1, 0.15) is 5.75 Å². The maximum atomic E-state index is 9.26. The smallest absolute Gasteiger partial charge is 0.115 e. The molecule has 2 aromatic rings. The predicted octanol–water partition coefficient (Wildman–Crippen LogP) is 4.90. The Kier molecular flexibility index (Phi) is 5.07. The second kappa shape index (κ2) is 6.80. The van der Waals surface area contributed by atoms with E-state index < -0.39 is 0 Å². The molecule has 0 heterocycles. The van der Waals surface area contributed by atoms with Gasteiger partial charge in [-0.1, -0.05) is 28.1 Å². The summed E-state index contributed by atoms with van der Waals surface area (Å²) >= 11 is 3.52. The van der Waals surface area contributed by atoms with Crippen LogP contribution in [0, 0.1) is 6.92 Å². The first-order valence-corrected chi connectivity index (χ1v) is 7.64. The highest BCUT2D eigenvalue weighted by atomic mass is 79.9. The molecule has 1 unspecified atom stereocenters. The number of hydrogen-bond donors (Lipinski definition) is 2. The fourth-order valence-electron chi connectivity index (χ4n) is 2.22.